The van der Waals surface area contributed by atoms with Gasteiger partial charge in [-0.3, -0.25) is 9.59 Å². The molecule has 1 amide bonds. The molecule has 11 heteroatoms. The maximum Gasteiger partial charge on any atom is 0.416 e. The van der Waals surface area contributed by atoms with Crippen LogP contribution in [0, 0.1) is 0 Å². The molecule has 174 valence electrons. The molecule has 0 spiro atoms. The van der Waals surface area contributed by atoms with Gasteiger partial charge in [0.25, 0.3) is 5.56 Å². The predicted octanol–water partition coefficient (Wildman–Crippen LogP) is 3.86. The summed E-state index contributed by atoms with van der Waals surface area (Å²) >= 11 is 0. The molecular formula is C22H20F3N3O4S. The highest BCUT2D eigenvalue weighted by atomic mass is 32.2. The minimum Gasteiger partial charge on any atom is -0.324 e. The van der Waals surface area contributed by atoms with Crippen molar-refractivity contribution in [2.45, 2.75) is 42.4 Å². The molecule has 1 N–H and O–H groups in total. The maximum absolute atomic E-state index is 12.9. The summed E-state index contributed by atoms with van der Waals surface area (Å²) in [5.41, 5.74) is -0.884. The van der Waals surface area contributed by atoms with Crippen molar-refractivity contribution in [2.24, 2.45) is 0 Å². The summed E-state index contributed by atoms with van der Waals surface area (Å²) in [6.45, 7) is 3.24. The number of sulfone groups is 1. The van der Waals surface area contributed by atoms with E-state index in [1.54, 1.807) is 12.1 Å². The van der Waals surface area contributed by atoms with Crippen LogP contribution in [0.5, 0.6) is 0 Å². The minimum absolute atomic E-state index is 0.0296. The fourth-order valence-corrected chi connectivity index (χ4v) is 4.14. The molecule has 1 heterocycles. The Kier molecular flexibility index (Phi) is 6.73. The topological polar surface area (TPSA) is 98.1 Å². The fourth-order valence-electron chi connectivity index (χ4n) is 2.95. The van der Waals surface area contributed by atoms with E-state index in [0.29, 0.717) is 4.68 Å². The highest BCUT2D eigenvalue weighted by Gasteiger charge is 2.30. The van der Waals surface area contributed by atoms with Crippen LogP contribution in [0.4, 0.5) is 18.9 Å². The van der Waals surface area contributed by atoms with E-state index in [2.05, 4.69) is 10.4 Å². The summed E-state index contributed by atoms with van der Waals surface area (Å²) in [4.78, 5) is 24.4. The lowest BCUT2D eigenvalue weighted by Gasteiger charge is -2.11. The molecule has 0 saturated heterocycles. The molecular weight excluding hydrogens is 459 g/mol. The third-order valence-corrected chi connectivity index (χ3v) is 6.40. The number of hydrogen-bond donors (Lipinski definition) is 1. The average Bonchev–Trinajstić information content (AvgIpc) is 2.74. The van der Waals surface area contributed by atoms with Gasteiger partial charge in [-0.25, -0.2) is 13.1 Å². The second-order valence-electron chi connectivity index (χ2n) is 7.52. The highest BCUT2D eigenvalue weighted by molar-refractivity contribution is 7.91. The lowest BCUT2D eigenvalue weighted by atomic mass is 10.0. The van der Waals surface area contributed by atoms with Crippen LogP contribution in [0.15, 0.2) is 75.4 Å². The second-order valence-corrected chi connectivity index (χ2v) is 9.42. The molecule has 2 aromatic carbocycles. The van der Waals surface area contributed by atoms with Crippen LogP contribution in [0.3, 0.4) is 0 Å². The zero-order chi connectivity index (χ0) is 24.4. The molecule has 0 radical (unpaired) electrons. The predicted molar refractivity (Wildman–Crippen MR) is 115 cm³/mol. The van der Waals surface area contributed by atoms with Crippen molar-refractivity contribution in [1.82, 2.24) is 9.78 Å². The third kappa shape index (κ3) is 5.67. The normalized spacial score (nSPS) is 12.1. The third-order valence-electron chi connectivity index (χ3n) is 4.74. The standard InChI is InChI=1S/C22H20F3N3O4S/c1-14(2)15-6-8-18(9-7-15)33(31,32)20-10-11-21(30)28(27-20)13-19(29)26-17-5-3-4-16(12-17)22(23,24)25/h3-12,14H,13H2,1-2H3,(H,26,29). The number of nitrogens with zero attached hydrogens (tertiary/aromatic N) is 2. The van der Waals surface area contributed by atoms with Gasteiger partial charge >= 0.3 is 6.18 Å². The van der Waals surface area contributed by atoms with E-state index in [0.717, 1.165) is 35.9 Å². The molecule has 0 aliphatic rings. The van der Waals surface area contributed by atoms with Gasteiger partial charge < -0.3 is 5.32 Å². The van der Waals surface area contributed by atoms with Crippen LogP contribution in [-0.2, 0) is 27.4 Å². The lowest BCUT2D eigenvalue weighted by Crippen LogP contribution is -2.30. The molecule has 0 bridgehead atoms. The minimum atomic E-state index is -4.59. The first-order valence-electron chi connectivity index (χ1n) is 9.78. The largest absolute Gasteiger partial charge is 0.416 e. The number of anilines is 1. The van der Waals surface area contributed by atoms with Crippen LogP contribution in [0.2, 0.25) is 0 Å². The van der Waals surface area contributed by atoms with E-state index in [1.807, 2.05) is 13.8 Å². The van der Waals surface area contributed by atoms with Crippen LogP contribution in [-0.4, -0.2) is 24.1 Å². The van der Waals surface area contributed by atoms with Crippen LogP contribution in [0.25, 0.3) is 0 Å². The number of carbonyl (C=O) groups excluding carboxylic acids is 1. The van der Waals surface area contributed by atoms with Crippen LogP contribution < -0.4 is 10.9 Å². The molecule has 3 rings (SSSR count). The first-order valence-corrected chi connectivity index (χ1v) is 11.3. The second kappa shape index (κ2) is 9.18. The number of benzene rings is 2. The first kappa shape index (κ1) is 24.2. The number of halogens is 3. The molecule has 7 nitrogen and oxygen atoms in total. The quantitative estimate of drug-likeness (QED) is 0.579. The number of nitrogens with one attached hydrogen (secondary N) is 1. The summed E-state index contributed by atoms with van der Waals surface area (Å²) in [6, 6.07) is 12.2. The van der Waals surface area contributed by atoms with Crippen molar-refractivity contribution in [3.8, 4) is 0 Å². The Balaban J connectivity index is 1.83. The van der Waals surface area contributed by atoms with Gasteiger partial charge in [-0.05, 0) is 47.9 Å². The highest BCUT2D eigenvalue weighted by Crippen LogP contribution is 2.30. The Labute approximate surface area is 187 Å². The smallest absolute Gasteiger partial charge is 0.324 e. The number of amides is 1. The van der Waals surface area contributed by atoms with Crippen molar-refractivity contribution in [3.05, 3.63) is 82.1 Å². The van der Waals surface area contributed by atoms with Crippen LogP contribution in [0.1, 0.15) is 30.9 Å². The SMILES string of the molecule is CC(C)c1ccc(S(=O)(=O)c2ccc(=O)n(CC(=O)Nc3cccc(C(F)(F)F)c3)n2)cc1. The van der Waals surface area contributed by atoms with Gasteiger partial charge in [-0.2, -0.15) is 18.3 Å². The van der Waals surface area contributed by atoms with Gasteiger partial charge in [0.2, 0.25) is 15.7 Å². The van der Waals surface area contributed by atoms with Crippen molar-refractivity contribution in [1.29, 1.82) is 0 Å². The average molecular weight is 479 g/mol. The Morgan fingerprint density at radius 2 is 1.73 bits per heavy atom. The summed E-state index contributed by atoms with van der Waals surface area (Å²) in [6.07, 6.45) is -4.59. The summed E-state index contributed by atoms with van der Waals surface area (Å²) < 4.78 is 65.0. The Bertz CT molecular complexity index is 1330. The Morgan fingerprint density at radius 3 is 2.33 bits per heavy atom. The molecule has 33 heavy (non-hydrogen) atoms. The first-order chi connectivity index (χ1) is 15.4. The molecule has 0 aliphatic carbocycles. The zero-order valence-electron chi connectivity index (χ0n) is 17.6. The van der Waals surface area contributed by atoms with Gasteiger partial charge in [-0.15, -0.1) is 0 Å². The molecule has 0 aliphatic heterocycles. The molecule has 0 saturated carbocycles. The summed E-state index contributed by atoms with van der Waals surface area (Å²) in [5, 5.41) is 5.60. The van der Waals surface area contributed by atoms with Crippen molar-refractivity contribution in [2.75, 3.05) is 5.32 Å². The number of carbonyl (C=O) groups is 1. The van der Waals surface area contributed by atoms with E-state index in [9.17, 15) is 31.2 Å². The van der Waals surface area contributed by atoms with E-state index >= 15 is 0 Å². The Morgan fingerprint density at radius 1 is 1.06 bits per heavy atom. The Hall–Kier alpha value is -3.47. The monoisotopic (exact) mass is 479 g/mol. The van der Waals surface area contributed by atoms with E-state index in [1.165, 1.54) is 18.2 Å². The fraction of sp³-hybridized carbons (Fsp3) is 0.227. The molecule has 1 aromatic heterocycles. The molecule has 3 aromatic rings. The maximum atomic E-state index is 12.9. The van der Waals surface area contributed by atoms with Crippen molar-refractivity contribution >= 4 is 21.4 Å². The zero-order valence-corrected chi connectivity index (χ0v) is 18.4. The van der Waals surface area contributed by atoms with E-state index in [4.69, 9.17) is 0 Å². The van der Waals surface area contributed by atoms with E-state index < -0.39 is 44.6 Å². The van der Waals surface area contributed by atoms with Gasteiger partial charge in [-0.1, -0.05) is 32.0 Å². The van der Waals surface area contributed by atoms with Gasteiger partial charge in [0.1, 0.15) is 6.54 Å². The van der Waals surface area contributed by atoms with Crippen molar-refractivity contribution in [3.63, 3.8) is 0 Å². The molecule has 0 atom stereocenters. The van der Waals surface area contributed by atoms with Crippen molar-refractivity contribution < 1.29 is 26.4 Å². The summed E-state index contributed by atoms with van der Waals surface area (Å²) in [5.74, 6) is -0.642. The van der Waals surface area contributed by atoms with Crippen LogP contribution >= 0.6 is 0 Å². The number of rotatable bonds is 6. The number of hydrogen-bond acceptors (Lipinski definition) is 5. The summed E-state index contributed by atoms with van der Waals surface area (Å²) in [7, 11) is -4.06. The molecule has 0 fully saturated rings. The van der Waals surface area contributed by atoms with Gasteiger partial charge in [0, 0.05) is 11.8 Å². The number of aromatic nitrogens is 2. The number of alkyl halides is 3. The lowest BCUT2D eigenvalue weighted by molar-refractivity contribution is -0.137. The van der Waals surface area contributed by atoms with Gasteiger partial charge in [0.15, 0.2) is 5.03 Å². The van der Waals surface area contributed by atoms with E-state index in [-0.39, 0.29) is 16.5 Å². The molecule has 0 unspecified atom stereocenters. The van der Waals surface area contributed by atoms with Gasteiger partial charge in [0.05, 0.1) is 10.5 Å².